The van der Waals surface area contributed by atoms with E-state index in [0.29, 0.717) is 0 Å². The summed E-state index contributed by atoms with van der Waals surface area (Å²) in [4.78, 5) is 0. The predicted octanol–water partition coefficient (Wildman–Crippen LogP) is 5.70. The Morgan fingerprint density at radius 2 is 1.62 bits per heavy atom. The van der Waals surface area contributed by atoms with Crippen LogP contribution in [0, 0.1) is 0 Å². The Balaban J connectivity index is 1.53. The Hall–Kier alpha value is -2.57. The van der Waals surface area contributed by atoms with Gasteiger partial charge >= 0.3 is 14.6 Å². The van der Waals surface area contributed by atoms with Gasteiger partial charge in [-0.05, 0) is 102 Å². The number of benzene rings is 3. The summed E-state index contributed by atoms with van der Waals surface area (Å²) < 4.78 is 25.6. The number of allylic oxidation sites excluding steroid dienone is 1. The molecule has 0 amide bonds. The average molecular weight is 525 g/mol. The molecule has 7 heteroatoms. The molecule has 1 N–H and O–H groups in total. The Kier molecular flexibility index (Phi) is 7.04. The van der Waals surface area contributed by atoms with E-state index in [-0.39, 0.29) is 0 Å². The summed E-state index contributed by atoms with van der Waals surface area (Å²) in [5.74, 6) is 1.50. The van der Waals surface area contributed by atoms with Gasteiger partial charge in [-0.2, -0.15) is 0 Å². The Labute approximate surface area is 233 Å². The van der Waals surface area contributed by atoms with Crippen LogP contribution in [0.3, 0.4) is 0 Å². The molecule has 0 bridgehead atoms. The fourth-order valence-corrected chi connectivity index (χ4v) is 4.67. The minimum atomic E-state index is -1.01. The van der Waals surface area contributed by atoms with Crippen molar-refractivity contribution in [2.45, 2.75) is 90.6 Å². The Bertz CT molecular complexity index is 1400. The van der Waals surface area contributed by atoms with Gasteiger partial charge in [-0.15, -0.1) is 0 Å². The molecule has 0 spiro atoms. The molecule has 39 heavy (non-hydrogen) atoms. The molecule has 1 heterocycles. The molecule has 3 aromatic rings. The van der Waals surface area contributed by atoms with Crippen molar-refractivity contribution in [3.05, 3.63) is 65.7 Å². The van der Waals surface area contributed by atoms with Crippen LogP contribution < -0.4 is 15.7 Å². The summed E-state index contributed by atoms with van der Waals surface area (Å²) in [5, 5.41) is 12.6. The van der Waals surface area contributed by atoms with Crippen LogP contribution in [0.5, 0.6) is 11.5 Å². The van der Waals surface area contributed by atoms with E-state index in [2.05, 4.69) is 70.2 Å². The summed E-state index contributed by atoms with van der Waals surface area (Å²) in [6, 6.07) is 16.5. The molecule has 1 fully saturated rings. The largest absolute Gasteiger partial charge is 0.494 e. The van der Waals surface area contributed by atoms with Crippen molar-refractivity contribution in [1.29, 1.82) is 0 Å². The molecule has 1 saturated heterocycles. The zero-order valence-electron chi connectivity index (χ0n) is 24.4. The van der Waals surface area contributed by atoms with Gasteiger partial charge < -0.3 is 23.8 Å². The Morgan fingerprint density at radius 1 is 0.923 bits per heavy atom. The van der Waals surface area contributed by atoms with E-state index in [1.54, 1.807) is 21.3 Å². The summed E-state index contributed by atoms with van der Waals surface area (Å²) in [5.41, 5.74) is 1.48. The van der Waals surface area contributed by atoms with Gasteiger partial charge in [0.05, 0.1) is 22.4 Å². The minimum absolute atomic E-state index is 0.425. The highest BCUT2D eigenvalue weighted by molar-refractivity contribution is 6.62. The van der Waals surface area contributed by atoms with E-state index >= 15 is 0 Å². The van der Waals surface area contributed by atoms with E-state index in [1.165, 1.54) is 5.56 Å². The molecule has 1 aliphatic heterocycles. The lowest BCUT2D eigenvalue weighted by Crippen LogP contribution is -2.49. The monoisotopic (exact) mass is 525 g/mol. The molecule has 5 rings (SSSR count). The first kappa shape index (κ1) is 28.0. The normalized spacial score (nSPS) is 18.3. The number of ether oxygens (including phenoxy) is 1. The molecular weight excluding hydrogens is 486 g/mol. The van der Waals surface area contributed by atoms with Gasteiger partial charge in [0, 0.05) is 10.9 Å². The van der Waals surface area contributed by atoms with Crippen LogP contribution in [0.4, 0.5) is 0 Å². The number of rotatable bonds is 7. The van der Waals surface area contributed by atoms with E-state index in [9.17, 15) is 5.11 Å². The highest BCUT2D eigenvalue weighted by Crippen LogP contribution is 2.39. The maximum absolute atomic E-state index is 10.5. The molecule has 0 atom stereocenters. The predicted molar refractivity (Wildman–Crippen MR) is 160 cm³/mol. The molecular formula is C32H39B2O5. The molecule has 1 radical (unpaired) electrons. The van der Waals surface area contributed by atoms with Gasteiger partial charge in [0.15, 0.2) is 0 Å². The zero-order valence-corrected chi connectivity index (χ0v) is 24.4. The fourth-order valence-electron chi connectivity index (χ4n) is 4.67. The van der Waals surface area contributed by atoms with Crippen molar-refractivity contribution in [2.75, 3.05) is 0 Å². The van der Waals surface area contributed by atoms with Crippen molar-refractivity contribution < 1.29 is 23.8 Å². The second kappa shape index (κ2) is 9.81. The summed E-state index contributed by atoms with van der Waals surface area (Å²) in [6.45, 7) is 15.5. The third kappa shape index (κ3) is 5.43. The van der Waals surface area contributed by atoms with Gasteiger partial charge in [-0.3, -0.25) is 0 Å². The first-order chi connectivity index (χ1) is 18.2. The first-order valence-electron chi connectivity index (χ1n) is 13.8. The molecule has 3 aromatic carbocycles. The lowest BCUT2D eigenvalue weighted by Gasteiger charge is -2.37. The molecule has 5 nitrogen and oxygen atoms in total. The highest BCUT2D eigenvalue weighted by atomic mass is 16.7. The van der Waals surface area contributed by atoms with Crippen molar-refractivity contribution in [3.63, 3.8) is 0 Å². The van der Waals surface area contributed by atoms with Crippen molar-refractivity contribution in [3.8, 4) is 11.5 Å². The topological polar surface area (TPSA) is 57.2 Å². The number of fused-ring (bicyclic) bond motifs is 2. The Morgan fingerprint density at radius 3 is 2.31 bits per heavy atom. The summed E-state index contributed by atoms with van der Waals surface area (Å²) in [6.07, 6.45) is 6.26. The van der Waals surface area contributed by atoms with Crippen LogP contribution in [0.1, 0.15) is 72.9 Å². The van der Waals surface area contributed by atoms with E-state index < -0.39 is 29.5 Å². The van der Waals surface area contributed by atoms with E-state index in [0.717, 1.165) is 51.6 Å². The van der Waals surface area contributed by atoms with Gasteiger partial charge in [0.2, 0.25) is 0 Å². The number of aliphatic hydroxyl groups is 1. The van der Waals surface area contributed by atoms with Crippen molar-refractivity contribution >= 4 is 42.4 Å². The fraction of sp³-hybridized carbons (Fsp3) is 0.438. The summed E-state index contributed by atoms with van der Waals surface area (Å²) in [7, 11) is 1.23. The number of aryl methyl sites for hydroxylation is 1. The van der Waals surface area contributed by atoms with Gasteiger partial charge in [0.25, 0.3) is 0 Å². The molecule has 1 aliphatic carbocycles. The van der Waals surface area contributed by atoms with Crippen LogP contribution >= 0.6 is 0 Å². The highest BCUT2D eigenvalue weighted by Gasteiger charge is 2.52. The molecule has 2 aliphatic rings. The van der Waals surface area contributed by atoms with Crippen LogP contribution in [-0.4, -0.2) is 42.1 Å². The second-order valence-corrected chi connectivity index (χ2v) is 12.8. The van der Waals surface area contributed by atoms with Crippen LogP contribution in [0.15, 0.2) is 54.6 Å². The van der Waals surface area contributed by atoms with Crippen LogP contribution in [0.25, 0.3) is 16.8 Å². The van der Waals surface area contributed by atoms with E-state index in [4.69, 9.17) is 18.7 Å². The van der Waals surface area contributed by atoms with Gasteiger partial charge in [0.1, 0.15) is 11.5 Å². The third-order valence-electron chi connectivity index (χ3n) is 8.67. The van der Waals surface area contributed by atoms with Crippen molar-refractivity contribution in [1.82, 2.24) is 0 Å². The second-order valence-electron chi connectivity index (χ2n) is 12.8. The molecule has 0 unspecified atom stereocenters. The maximum atomic E-state index is 10.5. The number of hydrogen-bond acceptors (Lipinski definition) is 5. The number of hydrogen-bond donors (Lipinski definition) is 1. The first-order valence-corrected chi connectivity index (χ1v) is 13.8. The SMILES string of the molecule is CC(C)(O)C(C)(C)O[B]c1cc(Oc2cc(B3OC(C)(C)C(C)(C)O3)cc3c2C=CCC3)c2ccccc2c1. The van der Waals surface area contributed by atoms with E-state index in [1.807, 2.05) is 32.0 Å². The standard InChI is InChI=1S/C32H39B2O5/c1-29(2,35)30(3,4)37-33-23-17-21-13-9-11-15-25(21)27(19-23)36-28-20-24(18-22-14-10-12-16-26(22)28)34-38-31(5,6)32(7,8)39-34/h9,11-13,15-20,35H,10,14H2,1-8H3. The average Bonchev–Trinajstić information content (AvgIpc) is 3.08. The van der Waals surface area contributed by atoms with Crippen LogP contribution in [-0.2, 0) is 20.4 Å². The summed E-state index contributed by atoms with van der Waals surface area (Å²) >= 11 is 0. The molecule has 0 saturated carbocycles. The quantitative estimate of drug-likeness (QED) is 0.401. The van der Waals surface area contributed by atoms with Gasteiger partial charge in [-0.25, -0.2) is 0 Å². The lowest BCUT2D eigenvalue weighted by atomic mass is 9.76. The minimum Gasteiger partial charge on any atom is -0.456 e. The van der Waals surface area contributed by atoms with Gasteiger partial charge in [-0.1, -0.05) is 48.6 Å². The lowest BCUT2D eigenvalue weighted by molar-refractivity contribution is -0.0893. The van der Waals surface area contributed by atoms with Crippen molar-refractivity contribution in [2.24, 2.45) is 0 Å². The zero-order chi connectivity index (χ0) is 28.2. The van der Waals surface area contributed by atoms with Crippen LogP contribution in [0.2, 0.25) is 0 Å². The molecule has 0 aromatic heterocycles. The smallest absolute Gasteiger partial charge is 0.456 e. The third-order valence-corrected chi connectivity index (χ3v) is 8.67. The maximum Gasteiger partial charge on any atom is 0.494 e. The molecule has 203 valence electrons.